The summed E-state index contributed by atoms with van der Waals surface area (Å²) in [5.41, 5.74) is 0. The average molecular weight is 206 g/mol. The van der Waals surface area contributed by atoms with Crippen molar-refractivity contribution in [3.63, 3.8) is 0 Å². The zero-order valence-electron chi connectivity index (χ0n) is 8.19. The topological polar surface area (TPSA) is 63.6 Å². The van der Waals surface area contributed by atoms with Gasteiger partial charge in [0.1, 0.15) is 0 Å². The van der Waals surface area contributed by atoms with Gasteiger partial charge in [-0.25, -0.2) is 9.88 Å². The Balaban J connectivity index is 1.93. The first-order valence-corrected chi connectivity index (χ1v) is 4.81. The third-order valence-corrected chi connectivity index (χ3v) is 2.29. The van der Waals surface area contributed by atoms with Crippen molar-refractivity contribution in [1.29, 1.82) is 0 Å². The van der Waals surface area contributed by atoms with Gasteiger partial charge in [-0.1, -0.05) is 6.07 Å². The van der Waals surface area contributed by atoms with Crippen molar-refractivity contribution in [1.82, 2.24) is 4.90 Å². The smallest absolute Gasteiger partial charge is 0.273 e. The summed E-state index contributed by atoms with van der Waals surface area (Å²) < 4.78 is 0. The van der Waals surface area contributed by atoms with E-state index in [0.717, 1.165) is 5.82 Å². The summed E-state index contributed by atoms with van der Waals surface area (Å²) in [5, 5.41) is 2.98. The summed E-state index contributed by atoms with van der Waals surface area (Å²) in [6.45, 7) is 0.234. The minimum atomic E-state index is -0.108. The SMILES string of the molecule is O=C1CCC(=O)N1CNc1cccc[nH+]1. The predicted octanol–water partition coefficient (Wildman–Crippen LogP) is 0.0191. The van der Waals surface area contributed by atoms with E-state index in [-0.39, 0.29) is 18.5 Å². The largest absolute Gasteiger partial charge is 0.274 e. The molecule has 0 bridgehead atoms. The van der Waals surface area contributed by atoms with E-state index in [9.17, 15) is 9.59 Å². The Morgan fingerprint density at radius 1 is 1.27 bits per heavy atom. The second-order valence-corrected chi connectivity index (χ2v) is 3.33. The molecule has 0 aromatic carbocycles. The maximum Gasteiger partial charge on any atom is 0.273 e. The van der Waals surface area contributed by atoms with Crippen LogP contribution in [0.2, 0.25) is 0 Å². The number of imide groups is 1. The molecule has 1 aromatic rings. The lowest BCUT2D eigenvalue weighted by molar-refractivity contribution is -0.361. The van der Waals surface area contributed by atoms with Crippen LogP contribution in [-0.4, -0.2) is 23.4 Å². The standard InChI is InChI=1S/C10H11N3O2/c14-9-4-5-10(15)13(9)7-12-8-3-1-2-6-11-8/h1-3,6H,4-5,7H2,(H,11,12)/p+1. The average Bonchev–Trinajstić information content (AvgIpc) is 2.58. The molecule has 5 heteroatoms. The summed E-state index contributed by atoms with van der Waals surface area (Å²) in [4.78, 5) is 26.7. The number of hydrogen-bond donors (Lipinski definition) is 1. The molecule has 0 radical (unpaired) electrons. The van der Waals surface area contributed by atoms with E-state index in [1.807, 2.05) is 18.2 Å². The first-order chi connectivity index (χ1) is 7.27. The molecule has 1 fully saturated rings. The van der Waals surface area contributed by atoms with Crippen LogP contribution in [0.3, 0.4) is 0 Å². The normalized spacial score (nSPS) is 15.9. The van der Waals surface area contributed by atoms with Crippen molar-refractivity contribution in [2.45, 2.75) is 12.8 Å². The van der Waals surface area contributed by atoms with E-state index < -0.39 is 0 Å². The van der Waals surface area contributed by atoms with Crippen molar-refractivity contribution >= 4 is 17.6 Å². The van der Waals surface area contributed by atoms with Crippen molar-refractivity contribution in [3.8, 4) is 0 Å². The van der Waals surface area contributed by atoms with E-state index >= 15 is 0 Å². The molecule has 1 saturated heterocycles. The predicted molar refractivity (Wildman–Crippen MR) is 52.6 cm³/mol. The quantitative estimate of drug-likeness (QED) is 0.709. The Kier molecular flexibility index (Phi) is 2.62. The van der Waals surface area contributed by atoms with Crippen LogP contribution >= 0.6 is 0 Å². The molecule has 2 heterocycles. The van der Waals surface area contributed by atoms with Crippen LogP contribution < -0.4 is 10.3 Å². The lowest BCUT2D eigenvalue weighted by Gasteiger charge is -2.10. The molecule has 0 atom stereocenters. The molecule has 0 spiro atoms. The molecular formula is C10H12N3O2+. The molecule has 1 aliphatic rings. The molecule has 15 heavy (non-hydrogen) atoms. The van der Waals surface area contributed by atoms with Crippen LogP contribution in [0.5, 0.6) is 0 Å². The minimum absolute atomic E-state index is 0.108. The summed E-state index contributed by atoms with van der Waals surface area (Å²) in [6.07, 6.45) is 2.44. The van der Waals surface area contributed by atoms with Crippen LogP contribution in [0.25, 0.3) is 0 Å². The van der Waals surface area contributed by atoms with Gasteiger partial charge in [0.15, 0.2) is 6.67 Å². The van der Waals surface area contributed by atoms with Crippen LogP contribution in [0.15, 0.2) is 24.4 Å². The maximum absolute atomic E-state index is 11.3. The number of carbonyl (C=O) groups is 2. The van der Waals surface area contributed by atoms with E-state index in [1.54, 1.807) is 6.20 Å². The van der Waals surface area contributed by atoms with Gasteiger partial charge in [-0.15, -0.1) is 0 Å². The highest BCUT2D eigenvalue weighted by Gasteiger charge is 2.29. The molecule has 5 nitrogen and oxygen atoms in total. The lowest BCUT2D eigenvalue weighted by Crippen LogP contribution is -2.35. The highest BCUT2D eigenvalue weighted by molar-refractivity contribution is 6.02. The Labute approximate surface area is 87.1 Å². The molecule has 1 aromatic heterocycles. The molecule has 2 N–H and O–H groups in total. The van der Waals surface area contributed by atoms with Crippen LogP contribution in [0.1, 0.15) is 12.8 Å². The van der Waals surface area contributed by atoms with E-state index in [2.05, 4.69) is 10.3 Å². The lowest BCUT2D eigenvalue weighted by atomic mass is 10.4. The van der Waals surface area contributed by atoms with Crippen molar-refractivity contribution in [2.24, 2.45) is 0 Å². The number of aromatic amines is 1. The van der Waals surface area contributed by atoms with Gasteiger partial charge < -0.3 is 0 Å². The van der Waals surface area contributed by atoms with Gasteiger partial charge in [0, 0.05) is 18.9 Å². The number of aromatic nitrogens is 1. The number of rotatable bonds is 3. The van der Waals surface area contributed by atoms with Gasteiger partial charge in [-0.05, 0) is 6.07 Å². The van der Waals surface area contributed by atoms with Crippen molar-refractivity contribution in [2.75, 3.05) is 12.0 Å². The number of amides is 2. The molecular weight excluding hydrogens is 194 g/mol. The highest BCUT2D eigenvalue weighted by Crippen LogP contribution is 2.10. The first-order valence-electron chi connectivity index (χ1n) is 4.81. The summed E-state index contributed by atoms with van der Waals surface area (Å²) in [5.74, 6) is 0.567. The zero-order chi connectivity index (χ0) is 10.7. The van der Waals surface area contributed by atoms with E-state index in [1.165, 1.54) is 4.90 Å². The third-order valence-electron chi connectivity index (χ3n) is 2.29. The molecule has 2 rings (SSSR count). The van der Waals surface area contributed by atoms with Crippen LogP contribution in [0, 0.1) is 0 Å². The van der Waals surface area contributed by atoms with E-state index in [0.29, 0.717) is 12.8 Å². The Morgan fingerprint density at radius 3 is 2.60 bits per heavy atom. The number of nitrogens with one attached hydrogen (secondary N) is 2. The Morgan fingerprint density at radius 2 is 2.00 bits per heavy atom. The number of hydrogen-bond acceptors (Lipinski definition) is 3. The Bertz CT molecular complexity index is 362. The summed E-state index contributed by atoms with van der Waals surface area (Å²) >= 11 is 0. The second kappa shape index (κ2) is 4.08. The van der Waals surface area contributed by atoms with Gasteiger partial charge in [0.25, 0.3) is 5.82 Å². The second-order valence-electron chi connectivity index (χ2n) is 3.33. The number of anilines is 1. The molecule has 0 saturated carbocycles. The zero-order valence-corrected chi connectivity index (χ0v) is 8.19. The third kappa shape index (κ3) is 2.12. The molecule has 78 valence electrons. The molecule has 0 aliphatic carbocycles. The fourth-order valence-electron chi connectivity index (χ4n) is 1.47. The monoisotopic (exact) mass is 206 g/mol. The molecule has 2 amide bonds. The number of pyridine rings is 1. The van der Waals surface area contributed by atoms with Gasteiger partial charge in [-0.3, -0.25) is 14.9 Å². The maximum atomic E-state index is 11.3. The van der Waals surface area contributed by atoms with Gasteiger partial charge in [0.05, 0.1) is 6.20 Å². The number of nitrogens with zero attached hydrogens (tertiary/aromatic N) is 1. The molecule has 1 aliphatic heterocycles. The fourth-order valence-corrected chi connectivity index (χ4v) is 1.47. The summed E-state index contributed by atoms with van der Waals surface area (Å²) in [7, 11) is 0. The Hall–Kier alpha value is -1.91. The van der Waals surface area contributed by atoms with E-state index in [4.69, 9.17) is 0 Å². The highest BCUT2D eigenvalue weighted by atomic mass is 16.2. The number of carbonyl (C=O) groups excluding carboxylic acids is 2. The van der Waals surface area contributed by atoms with Crippen LogP contribution in [0.4, 0.5) is 5.82 Å². The van der Waals surface area contributed by atoms with Gasteiger partial charge >= 0.3 is 0 Å². The van der Waals surface area contributed by atoms with Gasteiger partial charge in [0.2, 0.25) is 11.8 Å². The number of H-pyrrole nitrogens is 1. The van der Waals surface area contributed by atoms with Crippen molar-refractivity contribution < 1.29 is 14.6 Å². The molecule has 0 unspecified atom stereocenters. The first kappa shape index (κ1) is 9.64. The fraction of sp³-hybridized carbons (Fsp3) is 0.300. The summed E-state index contributed by atoms with van der Waals surface area (Å²) in [6, 6.07) is 5.56. The minimum Gasteiger partial charge on any atom is -0.274 e. The van der Waals surface area contributed by atoms with Gasteiger partial charge in [-0.2, -0.15) is 0 Å². The van der Waals surface area contributed by atoms with Crippen molar-refractivity contribution in [3.05, 3.63) is 24.4 Å². The van der Waals surface area contributed by atoms with Crippen LogP contribution in [-0.2, 0) is 9.59 Å². The number of likely N-dealkylation sites (tertiary alicyclic amines) is 1.